The number of carbonyl (C=O) groups excluding carboxylic acids is 1. The summed E-state index contributed by atoms with van der Waals surface area (Å²) in [4.78, 5) is 31.6. The first-order valence-electron chi connectivity index (χ1n) is 11.4. The topological polar surface area (TPSA) is 94.7 Å². The Morgan fingerprint density at radius 2 is 2.06 bits per heavy atom. The molecule has 10 heteroatoms. The van der Waals surface area contributed by atoms with Crippen molar-refractivity contribution in [3.05, 3.63) is 57.0 Å². The van der Waals surface area contributed by atoms with Crippen molar-refractivity contribution >= 4 is 33.1 Å². The molecule has 4 aromatic rings. The third-order valence-electron chi connectivity index (χ3n) is 6.34. The normalized spacial score (nSPS) is 13.6. The van der Waals surface area contributed by atoms with Crippen LogP contribution in [0.25, 0.3) is 21.6 Å². The van der Waals surface area contributed by atoms with Gasteiger partial charge in [0.05, 0.1) is 17.4 Å². The van der Waals surface area contributed by atoms with E-state index in [4.69, 9.17) is 0 Å². The Bertz CT molecular complexity index is 1450. The smallest absolute Gasteiger partial charge is 0.262 e. The number of nitrogens with zero attached hydrogens (tertiary/aromatic N) is 5. The van der Waals surface area contributed by atoms with E-state index in [0.717, 1.165) is 48.5 Å². The first-order valence-corrected chi connectivity index (χ1v) is 12.2. The molecule has 0 spiro atoms. The standard InChI is InChI=1S/C24H25FN6O2S/c1-14-15(2)34-23-21(14)24(33)30(13-26-23)11-9-20(32)27-18-12-16(7-8-17(18)25)22-29-28-19-6-4-3-5-10-31(19)22/h7-8,12-13H,3-6,9-11H2,1-2H3,(H,27,32). The van der Waals surface area contributed by atoms with Crippen molar-refractivity contribution in [2.24, 2.45) is 0 Å². The lowest BCUT2D eigenvalue weighted by atomic mass is 10.1. The number of aryl methyl sites for hydroxylation is 4. The highest BCUT2D eigenvalue weighted by Gasteiger charge is 2.18. The predicted molar refractivity (Wildman–Crippen MR) is 130 cm³/mol. The van der Waals surface area contributed by atoms with Gasteiger partial charge in [0.25, 0.3) is 5.56 Å². The summed E-state index contributed by atoms with van der Waals surface area (Å²) in [7, 11) is 0. The van der Waals surface area contributed by atoms with Crippen molar-refractivity contribution in [3.8, 4) is 11.4 Å². The number of amides is 1. The molecule has 5 rings (SSSR count). The zero-order valence-corrected chi connectivity index (χ0v) is 19.9. The molecule has 0 bridgehead atoms. The second-order valence-corrected chi connectivity index (χ2v) is 9.80. The van der Waals surface area contributed by atoms with E-state index in [1.807, 2.05) is 13.8 Å². The number of thiophene rings is 1. The summed E-state index contributed by atoms with van der Waals surface area (Å²) >= 11 is 1.48. The number of carbonyl (C=O) groups is 1. The quantitative estimate of drug-likeness (QED) is 0.461. The van der Waals surface area contributed by atoms with Gasteiger partial charge in [0, 0.05) is 36.4 Å². The molecule has 1 N–H and O–H groups in total. The van der Waals surface area contributed by atoms with Crippen molar-refractivity contribution in [1.29, 1.82) is 0 Å². The summed E-state index contributed by atoms with van der Waals surface area (Å²) in [5.41, 5.74) is 1.53. The van der Waals surface area contributed by atoms with Crippen LogP contribution < -0.4 is 10.9 Å². The van der Waals surface area contributed by atoms with E-state index in [1.165, 1.54) is 28.3 Å². The summed E-state index contributed by atoms with van der Waals surface area (Å²) in [5, 5.41) is 11.8. The molecule has 0 saturated heterocycles. The van der Waals surface area contributed by atoms with E-state index < -0.39 is 5.82 Å². The van der Waals surface area contributed by atoms with Gasteiger partial charge in [0.1, 0.15) is 16.5 Å². The minimum absolute atomic E-state index is 0.0132. The summed E-state index contributed by atoms with van der Waals surface area (Å²) in [5.74, 6) is 0.702. The minimum atomic E-state index is -0.530. The molecule has 1 aromatic carbocycles. The first-order chi connectivity index (χ1) is 16.4. The molecule has 1 aliphatic rings. The van der Waals surface area contributed by atoms with Crippen molar-refractivity contribution < 1.29 is 9.18 Å². The predicted octanol–water partition coefficient (Wildman–Crippen LogP) is 4.23. The van der Waals surface area contributed by atoms with Crippen LogP contribution in [0.2, 0.25) is 0 Å². The maximum Gasteiger partial charge on any atom is 0.262 e. The SMILES string of the molecule is Cc1sc2ncn(CCC(=O)Nc3cc(-c4nnc5n4CCCCC5)ccc3F)c(=O)c2c1C. The lowest BCUT2D eigenvalue weighted by molar-refractivity contribution is -0.116. The van der Waals surface area contributed by atoms with Crippen LogP contribution in [0.4, 0.5) is 10.1 Å². The number of nitrogens with one attached hydrogen (secondary N) is 1. The third kappa shape index (κ3) is 4.13. The van der Waals surface area contributed by atoms with Crippen molar-refractivity contribution in [2.75, 3.05) is 5.32 Å². The molecule has 0 saturated carbocycles. The van der Waals surface area contributed by atoms with Crippen molar-refractivity contribution in [2.45, 2.75) is 59.0 Å². The number of hydrogen-bond donors (Lipinski definition) is 1. The van der Waals surface area contributed by atoms with Gasteiger partial charge in [0.2, 0.25) is 5.91 Å². The van der Waals surface area contributed by atoms with Gasteiger partial charge in [-0.2, -0.15) is 0 Å². The summed E-state index contributed by atoms with van der Waals surface area (Å²) in [6.45, 7) is 4.84. The number of halogens is 1. The van der Waals surface area contributed by atoms with Crippen LogP contribution in [0, 0.1) is 19.7 Å². The van der Waals surface area contributed by atoms with Gasteiger partial charge in [-0.15, -0.1) is 21.5 Å². The van der Waals surface area contributed by atoms with Crippen molar-refractivity contribution in [1.82, 2.24) is 24.3 Å². The van der Waals surface area contributed by atoms with E-state index in [0.29, 0.717) is 21.6 Å². The molecule has 0 unspecified atom stereocenters. The average Bonchev–Trinajstić information content (AvgIpc) is 3.25. The lowest BCUT2D eigenvalue weighted by Crippen LogP contribution is -2.23. The molecule has 0 radical (unpaired) electrons. The zero-order chi connectivity index (χ0) is 23.8. The monoisotopic (exact) mass is 480 g/mol. The van der Waals surface area contributed by atoms with Crippen LogP contribution in [0.3, 0.4) is 0 Å². The number of aromatic nitrogens is 5. The Labute approximate surface area is 199 Å². The Morgan fingerprint density at radius 3 is 2.91 bits per heavy atom. The van der Waals surface area contributed by atoms with Crippen molar-refractivity contribution in [3.63, 3.8) is 0 Å². The average molecular weight is 481 g/mol. The molecule has 0 aliphatic carbocycles. The molecule has 1 amide bonds. The van der Waals surface area contributed by atoms with Gasteiger partial charge >= 0.3 is 0 Å². The second kappa shape index (κ2) is 9.09. The highest BCUT2D eigenvalue weighted by atomic mass is 32.1. The molecule has 8 nitrogen and oxygen atoms in total. The molecule has 0 atom stereocenters. The van der Waals surface area contributed by atoms with E-state index in [1.54, 1.807) is 12.1 Å². The van der Waals surface area contributed by atoms with Crippen LogP contribution in [-0.4, -0.2) is 30.2 Å². The van der Waals surface area contributed by atoms with Crippen LogP contribution in [-0.2, 0) is 24.3 Å². The van der Waals surface area contributed by atoms with Gasteiger partial charge in [-0.05, 0) is 50.5 Å². The fourth-order valence-electron chi connectivity index (χ4n) is 4.32. The maximum atomic E-state index is 14.5. The minimum Gasteiger partial charge on any atom is -0.324 e. The molecule has 0 fully saturated rings. The Kier molecular flexibility index (Phi) is 5.99. The highest BCUT2D eigenvalue weighted by molar-refractivity contribution is 7.18. The number of anilines is 1. The fraction of sp³-hybridized carbons (Fsp3) is 0.375. The Hall–Kier alpha value is -3.40. The molecular formula is C24H25FN6O2S. The molecule has 34 heavy (non-hydrogen) atoms. The molecule has 1 aliphatic heterocycles. The van der Waals surface area contributed by atoms with Gasteiger partial charge in [-0.25, -0.2) is 9.37 Å². The van der Waals surface area contributed by atoms with Crippen LogP contribution >= 0.6 is 11.3 Å². The fourth-order valence-corrected chi connectivity index (χ4v) is 5.31. The van der Waals surface area contributed by atoms with Gasteiger partial charge in [-0.1, -0.05) is 6.42 Å². The largest absolute Gasteiger partial charge is 0.324 e. The number of benzene rings is 1. The molecule has 176 valence electrons. The van der Waals surface area contributed by atoms with Crippen LogP contribution in [0.1, 0.15) is 41.9 Å². The van der Waals surface area contributed by atoms with E-state index in [-0.39, 0.29) is 30.1 Å². The van der Waals surface area contributed by atoms with Crippen LogP contribution in [0.5, 0.6) is 0 Å². The van der Waals surface area contributed by atoms with E-state index >= 15 is 0 Å². The Morgan fingerprint density at radius 1 is 1.21 bits per heavy atom. The highest BCUT2D eigenvalue weighted by Crippen LogP contribution is 2.27. The maximum absolute atomic E-state index is 14.5. The van der Waals surface area contributed by atoms with Crippen LogP contribution in [0.15, 0.2) is 29.3 Å². The van der Waals surface area contributed by atoms with Gasteiger partial charge < -0.3 is 9.88 Å². The molecule has 3 aromatic heterocycles. The summed E-state index contributed by atoms with van der Waals surface area (Å²) in [6.07, 6.45) is 5.63. The number of rotatable bonds is 5. The lowest BCUT2D eigenvalue weighted by Gasteiger charge is -2.11. The van der Waals surface area contributed by atoms with Gasteiger partial charge in [-0.3, -0.25) is 14.2 Å². The molecular weight excluding hydrogens is 455 g/mol. The van der Waals surface area contributed by atoms with E-state index in [9.17, 15) is 14.0 Å². The number of hydrogen-bond acceptors (Lipinski definition) is 6. The first kappa shape index (κ1) is 22.4. The number of fused-ring (bicyclic) bond motifs is 2. The van der Waals surface area contributed by atoms with Gasteiger partial charge in [0.15, 0.2) is 5.82 Å². The summed E-state index contributed by atoms with van der Waals surface area (Å²) < 4.78 is 18.0. The third-order valence-corrected chi connectivity index (χ3v) is 7.46. The Balaban J connectivity index is 1.32. The van der Waals surface area contributed by atoms with E-state index in [2.05, 4.69) is 25.1 Å². The summed E-state index contributed by atoms with van der Waals surface area (Å²) in [6, 6.07) is 4.57. The zero-order valence-electron chi connectivity index (χ0n) is 19.1. The molecule has 4 heterocycles. The second-order valence-electron chi connectivity index (χ2n) is 8.60.